The Balaban J connectivity index is 2.15. The first-order valence-corrected chi connectivity index (χ1v) is 6.47. The van der Waals surface area contributed by atoms with E-state index in [1.807, 2.05) is 6.92 Å². The number of halogens is 1. The molecule has 0 fully saturated rings. The number of nitrogens with zero attached hydrogens (tertiary/aromatic N) is 3. The van der Waals surface area contributed by atoms with E-state index in [0.29, 0.717) is 0 Å². The van der Waals surface area contributed by atoms with Gasteiger partial charge in [-0.1, -0.05) is 11.6 Å². The number of rotatable bonds is 4. The zero-order chi connectivity index (χ0) is 15.6. The van der Waals surface area contributed by atoms with Gasteiger partial charge in [-0.2, -0.15) is 5.10 Å². The van der Waals surface area contributed by atoms with Crippen LogP contribution in [0.15, 0.2) is 24.4 Å². The molecule has 0 saturated carbocycles. The van der Waals surface area contributed by atoms with Crippen molar-refractivity contribution < 1.29 is 9.72 Å². The quantitative estimate of drug-likeness (QED) is 0.692. The lowest BCUT2D eigenvalue weighted by Crippen LogP contribution is -2.23. The molecule has 0 radical (unpaired) electrons. The maximum absolute atomic E-state index is 12.1. The van der Waals surface area contributed by atoms with E-state index >= 15 is 0 Å². The topological polar surface area (TPSA) is 90.1 Å². The molecule has 0 saturated heterocycles. The van der Waals surface area contributed by atoms with Crippen molar-refractivity contribution in [2.75, 3.05) is 0 Å². The van der Waals surface area contributed by atoms with E-state index in [1.54, 1.807) is 17.9 Å². The largest absolute Gasteiger partial charge is 0.348 e. The van der Waals surface area contributed by atoms with Crippen LogP contribution in [-0.4, -0.2) is 20.6 Å². The average Bonchev–Trinajstić information content (AvgIpc) is 2.76. The second-order valence-corrected chi connectivity index (χ2v) is 4.89. The summed E-state index contributed by atoms with van der Waals surface area (Å²) in [5.41, 5.74) is 1.70. The molecule has 8 heteroatoms. The summed E-state index contributed by atoms with van der Waals surface area (Å²) in [6.07, 6.45) is 1.66. The standard InChI is InChI=1S/C13H13ClN4O3/c1-8-9(7-16-17(8)2)6-15-13(19)11-5-10(18(20)21)3-4-12(11)14/h3-5,7H,6H2,1-2H3,(H,15,19). The highest BCUT2D eigenvalue weighted by molar-refractivity contribution is 6.33. The van der Waals surface area contributed by atoms with Gasteiger partial charge in [0.25, 0.3) is 11.6 Å². The van der Waals surface area contributed by atoms with Crippen LogP contribution in [0.4, 0.5) is 5.69 Å². The molecule has 0 bridgehead atoms. The summed E-state index contributed by atoms with van der Waals surface area (Å²) in [4.78, 5) is 22.2. The zero-order valence-corrected chi connectivity index (χ0v) is 12.2. The Labute approximate surface area is 125 Å². The molecule has 1 aromatic heterocycles. The summed E-state index contributed by atoms with van der Waals surface area (Å²) in [5.74, 6) is -0.466. The first-order chi connectivity index (χ1) is 9.90. The van der Waals surface area contributed by atoms with Crippen molar-refractivity contribution in [2.24, 2.45) is 7.05 Å². The van der Waals surface area contributed by atoms with Crippen molar-refractivity contribution >= 4 is 23.2 Å². The molecule has 0 unspecified atom stereocenters. The van der Waals surface area contributed by atoms with E-state index in [-0.39, 0.29) is 22.8 Å². The fourth-order valence-corrected chi connectivity index (χ4v) is 1.99. The van der Waals surface area contributed by atoms with Crippen molar-refractivity contribution in [3.63, 3.8) is 0 Å². The highest BCUT2D eigenvalue weighted by Gasteiger charge is 2.16. The minimum Gasteiger partial charge on any atom is -0.348 e. The van der Waals surface area contributed by atoms with Gasteiger partial charge >= 0.3 is 0 Å². The molecule has 7 nitrogen and oxygen atoms in total. The molecule has 110 valence electrons. The van der Waals surface area contributed by atoms with E-state index in [2.05, 4.69) is 10.4 Å². The van der Waals surface area contributed by atoms with E-state index < -0.39 is 10.8 Å². The number of aromatic nitrogens is 2. The Hall–Kier alpha value is -2.41. The van der Waals surface area contributed by atoms with Gasteiger partial charge in [-0.25, -0.2) is 0 Å². The van der Waals surface area contributed by atoms with Gasteiger partial charge in [0, 0.05) is 37.0 Å². The molecule has 1 N–H and O–H groups in total. The minimum absolute atomic E-state index is 0.0763. The summed E-state index contributed by atoms with van der Waals surface area (Å²) >= 11 is 5.91. The third-order valence-electron chi connectivity index (χ3n) is 3.18. The van der Waals surface area contributed by atoms with Crippen LogP contribution in [0.25, 0.3) is 0 Å². The van der Waals surface area contributed by atoms with Crippen LogP contribution in [0, 0.1) is 17.0 Å². The molecule has 2 rings (SSSR count). The molecule has 21 heavy (non-hydrogen) atoms. The fraction of sp³-hybridized carbons (Fsp3) is 0.231. The average molecular weight is 309 g/mol. The molecule has 1 amide bonds. The highest BCUT2D eigenvalue weighted by Crippen LogP contribution is 2.22. The van der Waals surface area contributed by atoms with E-state index in [9.17, 15) is 14.9 Å². The van der Waals surface area contributed by atoms with Crippen molar-refractivity contribution in [2.45, 2.75) is 13.5 Å². The summed E-state index contributed by atoms with van der Waals surface area (Å²) in [6.45, 7) is 2.16. The second kappa shape index (κ2) is 5.92. The van der Waals surface area contributed by atoms with Crippen LogP contribution in [0.3, 0.4) is 0 Å². The van der Waals surface area contributed by atoms with E-state index in [4.69, 9.17) is 11.6 Å². The van der Waals surface area contributed by atoms with Crippen LogP contribution < -0.4 is 5.32 Å². The van der Waals surface area contributed by atoms with Crippen molar-refractivity contribution in [1.82, 2.24) is 15.1 Å². The number of benzene rings is 1. The van der Waals surface area contributed by atoms with Crippen LogP contribution in [0.2, 0.25) is 5.02 Å². The Morgan fingerprint density at radius 3 is 2.81 bits per heavy atom. The number of amides is 1. The summed E-state index contributed by atoms with van der Waals surface area (Å²) < 4.78 is 1.70. The molecule has 1 aromatic carbocycles. The van der Waals surface area contributed by atoms with Crippen molar-refractivity contribution in [1.29, 1.82) is 0 Å². The Morgan fingerprint density at radius 1 is 1.52 bits per heavy atom. The van der Waals surface area contributed by atoms with E-state index in [0.717, 1.165) is 17.3 Å². The van der Waals surface area contributed by atoms with Gasteiger partial charge in [0.2, 0.25) is 0 Å². The predicted octanol–water partition coefficient (Wildman–Crippen LogP) is 2.22. The van der Waals surface area contributed by atoms with Gasteiger partial charge in [-0.3, -0.25) is 19.6 Å². The van der Waals surface area contributed by atoms with Crippen LogP contribution >= 0.6 is 11.6 Å². The zero-order valence-electron chi connectivity index (χ0n) is 11.5. The smallest absolute Gasteiger partial charge is 0.270 e. The van der Waals surface area contributed by atoms with Gasteiger partial charge < -0.3 is 5.32 Å². The van der Waals surface area contributed by atoms with Crippen LogP contribution in [-0.2, 0) is 13.6 Å². The number of carbonyl (C=O) groups is 1. The number of nitro benzene ring substituents is 1. The molecule has 0 aliphatic carbocycles. The van der Waals surface area contributed by atoms with Crippen molar-refractivity contribution in [3.05, 3.63) is 56.4 Å². The first-order valence-electron chi connectivity index (χ1n) is 6.09. The third-order valence-corrected chi connectivity index (χ3v) is 3.51. The Bertz CT molecular complexity index is 711. The molecule has 1 heterocycles. The lowest BCUT2D eigenvalue weighted by molar-refractivity contribution is -0.384. The molecule has 2 aromatic rings. The van der Waals surface area contributed by atoms with Gasteiger partial charge in [0.15, 0.2) is 0 Å². The molecule has 0 spiro atoms. The molecular formula is C13H13ClN4O3. The van der Waals surface area contributed by atoms with Crippen LogP contribution in [0.1, 0.15) is 21.6 Å². The van der Waals surface area contributed by atoms with E-state index in [1.165, 1.54) is 12.1 Å². The molecular weight excluding hydrogens is 296 g/mol. The number of nitrogens with one attached hydrogen (secondary N) is 1. The maximum Gasteiger partial charge on any atom is 0.270 e. The normalized spacial score (nSPS) is 10.4. The van der Waals surface area contributed by atoms with Crippen LogP contribution in [0.5, 0.6) is 0 Å². The Kier molecular flexibility index (Phi) is 4.23. The Morgan fingerprint density at radius 2 is 2.24 bits per heavy atom. The summed E-state index contributed by atoms with van der Waals surface area (Å²) in [6, 6.07) is 3.75. The molecule has 0 atom stereocenters. The highest BCUT2D eigenvalue weighted by atomic mass is 35.5. The SMILES string of the molecule is Cc1c(CNC(=O)c2cc([N+](=O)[O-])ccc2Cl)cnn1C. The lowest BCUT2D eigenvalue weighted by Gasteiger charge is -2.06. The van der Waals surface area contributed by atoms with Gasteiger partial charge in [0.05, 0.1) is 21.7 Å². The first kappa shape index (κ1) is 15.0. The lowest BCUT2D eigenvalue weighted by atomic mass is 10.2. The number of nitro groups is 1. The number of hydrogen-bond acceptors (Lipinski definition) is 4. The van der Waals surface area contributed by atoms with Gasteiger partial charge in [-0.15, -0.1) is 0 Å². The molecule has 0 aliphatic rings. The fourth-order valence-electron chi connectivity index (χ4n) is 1.79. The third kappa shape index (κ3) is 3.19. The second-order valence-electron chi connectivity index (χ2n) is 4.48. The number of hydrogen-bond donors (Lipinski definition) is 1. The number of non-ortho nitro benzene ring substituents is 1. The predicted molar refractivity (Wildman–Crippen MR) is 77.2 cm³/mol. The maximum atomic E-state index is 12.1. The number of aryl methyl sites for hydroxylation is 1. The van der Waals surface area contributed by atoms with Gasteiger partial charge in [-0.05, 0) is 13.0 Å². The van der Waals surface area contributed by atoms with Crippen molar-refractivity contribution in [3.8, 4) is 0 Å². The minimum atomic E-state index is -0.571. The number of carbonyl (C=O) groups excluding carboxylic acids is 1. The molecule has 0 aliphatic heterocycles. The monoisotopic (exact) mass is 308 g/mol. The summed E-state index contributed by atoms with van der Waals surface area (Å²) in [5, 5.41) is 17.6. The van der Waals surface area contributed by atoms with Gasteiger partial charge in [0.1, 0.15) is 0 Å². The summed E-state index contributed by atoms with van der Waals surface area (Å²) in [7, 11) is 1.80.